The lowest BCUT2D eigenvalue weighted by atomic mass is 9.84. The van der Waals surface area contributed by atoms with Gasteiger partial charge in [-0.25, -0.2) is 0 Å². The predicted octanol–water partition coefficient (Wildman–Crippen LogP) is 3.12. The molecule has 0 aromatic rings. The Morgan fingerprint density at radius 2 is 1.65 bits per heavy atom. The van der Waals surface area contributed by atoms with Crippen molar-refractivity contribution in [2.24, 2.45) is 23.5 Å². The first-order valence-electron chi connectivity index (χ1n) is 7.47. The van der Waals surface area contributed by atoms with E-state index < -0.39 is 0 Å². The van der Waals surface area contributed by atoms with Gasteiger partial charge >= 0.3 is 0 Å². The average Bonchev–Trinajstić information content (AvgIpc) is 2.27. The van der Waals surface area contributed by atoms with E-state index in [9.17, 15) is 0 Å². The van der Waals surface area contributed by atoms with Gasteiger partial charge in [-0.2, -0.15) is 0 Å². The lowest BCUT2D eigenvalue weighted by molar-refractivity contribution is 0.106. The SMILES string of the molecule is CC(C)CN(CC(C)C)C1CCCC(CN)C1. The van der Waals surface area contributed by atoms with E-state index in [1.54, 1.807) is 0 Å². The van der Waals surface area contributed by atoms with Gasteiger partial charge in [-0.1, -0.05) is 34.1 Å². The minimum absolute atomic E-state index is 0.770. The third-order valence-electron chi connectivity index (χ3n) is 3.80. The molecule has 1 aliphatic carbocycles. The third-order valence-corrected chi connectivity index (χ3v) is 3.80. The average molecular weight is 240 g/mol. The predicted molar refractivity (Wildman–Crippen MR) is 76.0 cm³/mol. The molecule has 0 saturated heterocycles. The van der Waals surface area contributed by atoms with E-state index in [-0.39, 0.29) is 0 Å². The first-order valence-corrected chi connectivity index (χ1v) is 7.47. The number of rotatable bonds is 6. The van der Waals surface area contributed by atoms with Crippen LogP contribution in [0.2, 0.25) is 0 Å². The minimum Gasteiger partial charge on any atom is -0.330 e. The monoisotopic (exact) mass is 240 g/mol. The van der Waals surface area contributed by atoms with Gasteiger partial charge in [0.05, 0.1) is 0 Å². The van der Waals surface area contributed by atoms with E-state index in [0.717, 1.165) is 30.3 Å². The highest BCUT2D eigenvalue weighted by Gasteiger charge is 2.26. The molecule has 1 fully saturated rings. The van der Waals surface area contributed by atoms with Crippen LogP contribution in [0.4, 0.5) is 0 Å². The summed E-state index contributed by atoms with van der Waals surface area (Å²) in [5.41, 5.74) is 5.85. The van der Waals surface area contributed by atoms with Crippen molar-refractivity contribution in [1.29, 1.82) is 0 Å². The van der Waals surface area contributed by atoms with Gasteiger partial charge in [0.15, 0.2) is 0 Å². The second-order valence-corrected chi connectivity index (χ2v) is 6.66. The Morgan fingerprint density at radius 1 is 1.06 bits per heavy atom. The van der Waals surface area contributed by atoms with Crippen molar-refractivity contribution in [3.8, 4) is 0 Å². The van der Waals surface area contributed by atoms with Crippen LogP contribution in [0.3, 0.4) is 0 Å². The van der Waals surface area contributed by atoms with Crippen LogP contribution >= 0.6 is 0 Å². The Bertz CT molecular complexity index is 191. The summed E-state index contributed by atoms with van der Waals surface area (Å²) in [5.74, 6) is 2.31. The Kier molecular flexibility index (Phi) is 6.50. The molecule has 2 heteroatoms. The van der Waals surface area contributed by atoms with Crippen molar-refractivity contribution >= 4 is 0 Å². The maximum atomic E-state index is 5.85. The van der Waals surface area contributed by atoms with Gasteiger partial charge in [-0.05, 0) is 43.6 Å². The molecule has 2 nitrogen and oxygen atoms in total. The molecular weight excluding hydrogens is 208 g/mol. The molecule has 2 N–H and O–H groups in total. The summed E-state index contributed by atoms with van der Waals surface area (Å²) in [7, 11) is 0. The van der Waals surface area contributed by atoms with E-state index in [2.05, 4.69) is 32.6 Å². The summed E-state index contributed by atoms with van der Waals surface area (Å²) in [6.07, 6.45) is 5.44. The summed E-state index contributed by atoms with van der Waals surface area (Å²) in [5, 5.41) is 0. The molecule has 0 spiro atoms. The zero-order chi connectivity index (χ0) is 12.8. The topological polar surface area (TPSA) is 29.3 Å². The summed E-state index contributed by atoms with van der Waals surface area (Å²) < 4.78 is 0. The zero-order valence-electron chi connectivity index (χ0n) is 12.3. The van der Waals surface area contributed by atoms with E-state index >= 15 is 0 Å². The summed E-state index contributed by atoms with van der Waals surface area (Å²) in [6, 6.07) is 0.794. The fourth-order valence-corrected chi connectivity index (χ4v) is 3.12. The van der Waals surface area contributed by atoms with Crippen molar-refractivity contribution in [1.82, 2.24) is 4.90 Å². The third kappa shape index (κ3) is 5.39. The molecule has 0 bridgehead atoms. The smallest absolute Gasteiger partial charge is 0.00985 e. The Morgan fingerprint density at radius 3 is 2.12 bits per heavy atom. The number of nitrogens with zero attached hydrogens (tertiary/aromatic N) is 1. The normalized spacial score (nSPS) is 26.1. The lowest BCUT2D eigenvalue weighted by Gasteiger charge is -2.39. The van der Waals surface area contributed by atoms with Crippen LogP contribution in [0.1, 0.15) is 53.4 Å². The van der Waals surface area contributed by atoms with Gasteiger partial charge in [0.2, 0.25) is 0 Å². The van der Waals surface area contributed by atoms with Gasteiger partial charge in [0.25, 0.3) is 0 Å². The van der Waals surface area contributed by atoms with Crippen LogP contribution in [0.15, 0.2) is 0 Å². The number of hydrogen-bond acceptors (Lipinski definition) is 2. The molecule has 2 unspecified atom stereocenters. The second-order valence-electron chi connectivity index (χ2n) is 6.66. The van der Waals surface area contributed by atoms with Crippen molar-refractivity contribution in [2.75, 3.05) is 19.6 Å². The van der Waals surface area contributed by atoms with Crippen LogP contribution < -0.4 is 5.73 Å². The van der Waals surface area contributed by atoms with E-state index in [0.29, 0.717) is 0 Å². The Balaban J connectivity index is 2.54. The second kappa shape index (κ2) is 7.38. The zero-order valence-corrected chi connectivity index (χ0v) is 12.3. The number of nitrogens with two attached hydrogens (primary N) is 1. The highest BCUT2D eigenvalue weighted by Crippen LogP contribution is 2.28. The molecule has 17 heavy (non-hydrogen) atoms. The summed E-state index contributed by atoms with van der Waals surface area (Å²) in [4.78, 5) is 2.73. The van der Waals surface area contributed by atoms with E-state index in [4.69, 9.17) is 5.73 Å². The van der Waals surface area contributed by atoms with Crippen molar-refractivity contribution in [2.45, 2.75) is 59.4 Å². The molecule has 1 saturated carbocycles. The Hall–Kier alpha value is -0.0800. The summed E-state index contributed by atoms with van der Waals surface area (Å²) in [6.45, 7) is 12.7. The van der Waals surface area contributed by atoms with Gasteiger partial charge in [-0.15, -0.1) is 0 Å². The molecule has 102 valence electrons. The fraction of sp³-hybridized carbons (Fsp3) is 1.00. The maximum Gasteiger partial charge on any atom is 0.00985 e. The molecule has 0 amide bonds. The quantitative estimate of drug-likeness (QED) is 0.773. The lowest BCUT2D eigenvalue weighted by Crippen LogP contribution is -2.43. The summed E-state index contributed by atoms with van der Waals surface area (Å²) >= 11 is 0. The van der Waals surface area contributed by atoms with E-state index in [1.807, 2.05) is 0 Å². The highest BCUT2D eigenvalue weighted by molar-refractivity contribution is 4.81. The van der Waals surface area contributed by atoms with Crippen molar-refractivity contribution in [3.63, 3.8) is 0 Å². The molecular formula is C15H32N2. The molecule has 0 aromatic carbocycles. The van der Waals surface area contributed by atoms with Crippen LogP contribution in [-0.4, -0.2) is 30.6 Å². The van der Waals surface area contributed by atoms with E-state index in [1.165, 1.54) is 38.8 Å². The molecule has 1 aliphatic rings. The van der Waals surface area contributed by atoms with Crippen molar-refractivity contribution < 1.29 is 0 Å². The van der Waals surface area contributed by atoms with Gasteiger partial charge in [0, 0.05) is 19.1 Å². The van der Waals surface area contributed by atoms with Crippen LogP contribution in [0, 0.1) is 17.8 Å². The molecule has 0 aromatic heterocycles. The molecule has 0 heterocycles. The van der Waals surface area contributed by atoms with Gasteiger partial charge in [-0.3, -0.25) is 4.90 Å². The standard InChI is InChI=1S/C15H32N2/c1-12(2)10-17(11-13(3)4)15-7-5-6-14(8-15)9-16/h12-15H,5-11,16H2,1-4H3. The largest absolute Gasteiger partial charge is 0.330 e. The maximum absolute atomic E-state index is 5.85. The molecule has 0 radical (unpaired) electrons. The highest BCUT2D eigenvalue weighted by atomic mass is 15.2. The Labute approximate surface area is 108 Å². The van der Waals surface area contributed by atoms with Gasteiger partial charge in [0.1, 0.15) is 0 Å². The number of hydrogen-bond donors (Lipinski definition) is 1. The molecule has 1 rings (SSSR count). The van der Waals surface area contributed by atoms with Crippen LogP contribution in [-0.2, 0) is 0 Å². The van der Waals surface area contributed by atoms with Gasteiger partial charge < -0.3 is 5.73 Å². The fourth-order valence-electron chi connectivity index (χ4n) is 3.12. The van der Waals surface area contributed by atoms with Crippen LogP contribution in [0.25, 0.3) is 0 Å². The molecule has 0 aliphatic heterocycles. The first-order chi connectivity index (χ1) is 8.02. The minimum atomic E-state index is 0.770. The molecule has 2 atom stereocenters. The van der Waals surface area contributed by atoms with Crippen LogP contribution in [0.5, 0.6) is 0 Å². The van der Waals surface area contributed by atoms with Crippen molar-refractivity contribution in [3.05, 3.63) is 0 Å². The first kappa shape index (κ1) is 15.0.